The minimum atomic E-state index is -0.666. The van der Waals surface area contributed by atoms with Crippen LogP contribution >= 0.6 is 11.6 Å². The molecule has 0 unspecified atom stereocenters. The third-order valence-electron chi connectivity index (χ3n) is 2.56. The first kappa shape index (κ1) is 15.9. The standard InChI is InChI=1S/C16H15ClN2O3/c1-2-21-16(20)15(17)19-18-12-8-10-14(11-9-12)22-13-6-4-3-5-7-13/h3-11,18H,2H2,1H3. The second-order valence-electron chi connectivity index (χ2n) is 4.17. The Labute approximate surface area is 133 Å². The van der Waals surface area contributed by atoms with Crippen LogP contribution in [-0.4, -0.2) is 17.7 Å². The van der Waals surface area contributed by atoms with Crippen molar-refractivity contribution in [2.45, 2.75) is 6.92 Å². The minimum absolute atomic E-state index is 0.246. The molecule has 0 radical (unpaired) electrons. The number of hydrogen-bond donors (Lipinski definition) is 1. The molecule has 6 heteroatoms. The number of hydrazone groups is 1. The number of halogens is 1. The Morgan fingerprint density at radius 1 is 1.09 bits per heavy atom. The SMILES string of the molecule is CCOC(=O)C(Cl)=NNc1ccc(Oc2ccccc2)cc1. The van der Waals surface area contributed by atoms with Crippen molar-refractivity contribution in [3.63, 3.8) is 0 Å². The molecule has 2 rings (SSSR count). The molecule has 0 spiro atoms. The number of para-hydroxylation sites is 1. The molecule has 0 bridgehead atoms. The lowest BCUT2D eigenvalue weighted by molar-refractivity contribution is -0.134. The number of esters is 1. The summed E-state index contributed by atoms with van der Waals surface area (Å²) in [4.78, 5) is 11.3. The Balaban J connectivity index is 1.94. The number of carbonyl (C=O) groups excluding carboxylic acids is 1. The molecule has 0 fully saturated rings. The maximum Gasteiger partial charge on any atom is 0.370 e. The Morgan fingerprint density at radius 3 is 2.36 bits per heavy atom. The first-order valence-corrected chi connectivity index (χ1v) is 7.06. The van der Waals surface area contributed by atoms with E-state index in [1.54, 1.807) is 31.2 Å². The van der Waals surface area contributed by atoms with Gasteiger partial charge >= 0.3 is 5.97 Å². The monoisotopic (exact) mass is 318 g/mol. The highest BCUT2D eigenvalue weighted by atomic mass is 35.5. The Kier molecular flexibility index (Phi) is 5.80. The van der Waals surface area contributed by atoms with E-state index in [1.165, 1.54) is 0 Å². The van der Waals surface area contributed by atoms with Crippen LogP contribution in [0.4, 0.5) is 5.69 Å². The molecular formula is C16H15ClN2O3. The number of benzene rings is 2. The molecule has 0 heterocycles. The van der Waals surface area contributed by atoms with E-state index in [0.717, 1.165) is 5.75 Å². The van der Waals surface area contributed by atoms with Crippen molar-refractivity contribution in [1.82, 2.24) is 0 Å². The summed E-state index contributed by atoms with van der Waals surface area (Å²) >= 11 is 5.69. The summed E-state index contributed by atoms with van der Waals surface area (Å²) in [7, 11) is 0. The van der Waals surface area contributed by atoms with Gasteiger partial charge in [0.15, 0.2) is 0 Å². The van der Waals surface area contributed by atoms with E-state index in [-0.39, 0.29) is 11.8 Å². The van der Waals surface area contributed by atoms with Crippen LogP contribution in [0.15, 0.2) is 59.7 Å². The van der Waals surface area contributed by atoms with Gasteiger partial charge in [-0.2, -0.15) is 5.10 Å². The number of ether oxygens (including phenoxy) is 2. The third-order valence-corrected chi connectivity index (χ3v) is 2.80. The zero-order chi connectivity index (χ0) is 15.8. The van der Waals surface area contributed by atoms with Crippen LogP contribution < -0.4 is 10.2 Å². The van der Waals surface area contributed by atoms with Crippen molar-refractivity contribution in [2.24, 2.45) is 5.10 Å². The number of hydrogen-bond acceptors (Lipinski definition) is 5. The quantitative estimate of drug-likeness (QED) is 0.497. The molecule has 2 aromatic carbocycles. The van der Waals surface area contributed by atoms with Crippen LogP contribution in [0.1, 0.15) is 6.92 Å². The molecule has 0 aliphatic heterocycles. The summed E-state index contributed by atoms with van der Waals surface area (Å²) in [6.07, 6.45) is 0. The Bertz CT molecular complexity index is 642. The van der Waals surface area contributed by atoms with Crippen molar-refractivity contribution in [3.05, 3.63) is 54.6 Å². The van der Waals surface area contributed by atoms with Crippen molar-refractivity contribution >= 4 is 28.4 Å². The summed E-state index contributed by atoms with van der Waals surface area (Å²) in [5, 5.41) is 3.49. The fraction of sp³-hybridized carbons (Fsp3) is 0.125. The van der Waals surface area contributed by atoms with Gasteiger partial charge in [0, 0.05) is 0 Å². The second kappa shape index (κ2) is 8.05. The maximum atomic E-state index is 11.3. The molecule has 2 aromatic rings. The molecule has 0 aromatic heterocycles. The summed E-state index contributed by atoms with van der Waals surface area (Å²) in [6.45, 7) is 1.94. The molecule has 1 N–H and O–H groups in total. The highest BCUT2D eigenvalue weighted by Crippen LogP contribution is 2.22. The van der Waals surface area contributed by atoms with Crippen molar-refractivity contribution in [2.75, 3.05) is 12.0 Å². The number of carbonyl (C=O) groups is 1. The van der Waals surface area contributed by atoms with Gasteiger partial charge in [0.1, 0.15) is 11.5 Å². The van der Waals surface area contributed by atoms with Crippen LogP contribution in [0, 0.1) is 0 Å². The fourth-order valence-corrected chi connectivity index (χ4v) is 1.67. The largest absolute Gasteiger partial charge is 0.461 e. The van der Waals surface area contributed by atoms with Crippen molar-refractivity contribution in [3.8, 4) is 11.5 Å². The molecule has 0 saturated heterocycles. The number of rotatable bonds is 6. The second-order valence-corrected chi connectivity index (χ2v) is 4.53. The zero-order valence-electron chi connectivity index (χ0n) is 12.0. The summed E-state index contributed by atoms with van der Waals surface area (Å²) in [5.74, 6) is 0.782. The van der Waals surface area contributed by atoms with Crippen LogP contribution in [0.5, 0.6) is 11.5 Å². The fourth-order valence-electron chi connectivity index (χ4n) is 1.57. The van der Waals surface area contributed by atoms with Gasteiger partial charge in [-0.05, 0) is 43.3 Å². The van der Waals surface area contributed by atoms with Gasteiger partial charge in [-0.15, -0.1) is 0 Å². The summed E-state index contributed by atoms with van der Waals surface area (Å²) in [6, 6.07) is 16.5. The van der Waals surface area contributed by atoms with Crippen LogP contribution in [-0.2, 0) is 9.53 Å². The molecule has 0 saturated carbocycles. The van der Waals surface area contributed by atoms with E-state index < -0.39 is 5.97 Å². The van der Waals surface area contributed by atoms with E-state index in [4.69, 9.17) is 21.1 Å². The first-order valence-electron chi connectivity index (χ1n) is 6.68. The van der Waals surface area contributed by atoms with Gasteiger partial charge in [0.2, 0.25) is 5.17 Å². The van der Waals surface area contributed by atoms with Crippen LogP contribution in [0.3, 0.4) is 0 Å². The lowest BCUT2D eigenvalue weighted by atomic mass is 10.3. The van der Waals surface area contributed by atoms with E-state index in [9.17, 15) is 4.79 Å². The van der Waals surface area contributed by atoms with Crippen LogP contribution in [0.2, 0.25) is 0 Å². The molecule has 114 valence electrons. The summed E-state index contributed by atoms with van der Waals surface area (Å²) in [5.41, 5.74) is 3.34. The zero-order valence-corrected chi connectivity index (χ0v) is 12.7. The van der Waals surface area contributed by atoms with Gasteiger partial charge in [0.05, 0.1) is 12.3 Å². The first-order chi connectivity index (χ1) is 10.7. The lowest BCUT2D eigenvalue weighted by Gasteiger charge is -2.06. The minimum Gasteiger partial charge on any atom is -0.461 e. The van der Waals surface area contributed by atoms with Gasteiger partial charge in [-0.1, -0.05) is 29.8 Å². The lowest BCUT2D eigenvalue weighted by Crippen LogP contribution is -2.13. The molecule has 5 nitrogen and oxygen atoms in total. The highest BCUT2D eigenvalue weighted by Gasteiger charge is 2.08. The number of nitrogens with zero attached hydrogens (tertiary/aromatic N) is 1. The maximum absolute atomic E-state index is 11.3. The van der Waals surface area contributed by atoms with Gasteiger partial charge < -0.3 is 9.47 Å². The average molecular weight is 319 g/mol. The molecule has 0 aliphatic rings. The molecule has 22 heavy (non-hydrogen) atoms. The van der Waals surface area contributed by atoms with Gasteiger partial charge in [-0.25, -0.2) is 4.79 Å². The highest BCUT2D eigenvalue weighted by molar-refractivity contribution is 6.82. The Morgan fingerprint density at radius 2 is 1.73 bits per heavy atom. The van der Waals surface area contributed by atoms with E-state index in [2.05, 4.69) is 10.5 Å². The smallest absolute Gasteiger partial charge is 0.370 e. The van der Waals surface area contributed by atoms with Crippen LogP contribution in [0.25, 0.3) is 0 Å². The molecule has 0 amide bonds. The predicted molar refractivity (Wildman–Crippen MR) is 86.5 cm³/mol. The van der Waals surface area contributed by atoms with Gasteiger partial charge in [-0.3, -0.25) is 5.43 Å². The Hall–Kier alpha value is -2.53. The third kappa shape index (κ3) is 4.79. The number of nitrogens with one attached hydrogen (secondary N) is 1. The predicted octanol–water partition coefficient (Wildman–Crippen LogP) is 4.01. The van der Waals surface area contributed by atoms with E-state index >= 15 is 0 Å². The van der Waals surface area contributed by atoms with E-state index in [1.807, 2.05) is 30.3 Å². The van der Waals surface area contributed by atoms with E-state index in [0.29, 0.717) is 11.4 Å². The molecule has 0 atom stereocenters. The number of anilines is 1. The average Bonchev–Trinajstić information content (AvgIpc) is 2.55. The van der Waals surface area contributed by atoms with Crippen molar-refractivity contribution < 1.29 is 14.3 Å². The van der Waals surface area contributed by atoms with Crippen molar-refractivity contribution in [1.29, 1.82) is 0 Å². The summed E-state index contributed by atoms with van der Waals surface area (Å²) < 4.78 is 10.4. The molecule has 0 aliphatic carbocycles. The topological polar surface area (TPSA) is 59.9 Å². The normalized spacial score (nSPS) is 10.9. The molecular weight excluding hydrogens is 304 g/mol. The van der Waals surface area contributed by atoms with Gasteiger partial charge in [0.25, 0.3) is 0 Å².